The lowest BCUT2D eigenvalue weighted by Crippen LogP contribution is -2.32. The fraction of sp³-hybridized carbons (Fsp3) is 0.185. The molecule has 0 saturated carbocycles. The summed E-state index contributed by atoms with van der Waals surface area (Å²) in [4.78, 5) is 26.7. The van der Waals surface area contributed by atoms with Crippen LogP contribution in [0.15, 0.2) is 84.9 Å². The summed E-state index contributed by atoms with van der Waals surface area (Å²) in [6.45, 7) is 2.00. The van der Waals surface area contributed by atoms with Crippen molar-refractivity contribution in [2.45, 2.75) is 19.4 Å². The highest BCUT2D eigenvalue weighted by molar-refractivity contribution is 6.05. The number of nitrogens with one attached hydrogen (secondary N) is 2. The quantitative estimate of drug-likeness (QED) is 0.473. The molecule has 0 atom stereocenters. The number of benzene rings is 3. The third-order valence-electron chi connectivity index (χ3n) is 5.35. The average Bonchev–Trinajstić information content (AvgIpc) is 3.39. The first-order valence-corrected chi connectivity index (χ1v) is 11.1. The number of hydrogen-bond donors (Lipinski definition) is 2. The lowest BCUT2D eigenvalue weighted by Gasteiger charge is -2.18. The summed E-state index contributed by atoms with van der Waals surface area (Å²) in [5.74, 6) is 0.449. The van der Waals surface area contributed by atoms with Crippen LogP contribution in [-0.2, 0) is 11.4 Å². The van der Waals surface area contributed by atoms with Gasteiger partial charge in [-0.1, -0.05) is 54.6 Å². The first-order valence-electron chi connectivity index (χ1n) is 11.1. The lowest BCUT2D eigenvalue weighted by atomic mass is 10.2. The van der Waals surface area contributed by atoms with E-state index in [4.69, 9.17) is 4.74 Å². The van der Waals surface area contributed by atoms with Gasteiger partial charge >= 0.3 is 6.03 Å². The standard InChI is InChI=1S/C27H27N3O3/c31-26(28-24-13-4-5-14-25(24)29-27(32)30-17-6-7-18-30)16-15-21-11-8-12-23(19-21)33-20-22-9-2-1-3-10-22/h1-5,8-16,19H,6-7,17-18,20H2,(H,28,31)(H,29,32)/b16-15+. The summed E-state index contributed by atoms with van der Waals surface area (Å²) in [7, 11) is 0. The van der Waals surface area contributed by atoms with Crippen molar-refractivity contribution in [3.05, 3.63) is 96.1 Å². The second kappa shape index (κ2) is 11.0. The number of anilines is 2. The SMILES string of the molecule is O=C(/C=C/c1cccc(OCc2ccccc2)c1)Nc1ccccc1NC(=O)N1CCCC1. The molecule has 0 unspecified atom stereocenters. The number of amides is 3. The maximum atomic E-state index is 12.5. The minimum atomic E-state index is -0.284. The van der Waals surface area contributed by atoms with Gasteiger partial charge in [-0.15, -0.1) is 0 Å². The molecule has 0 aliphatic carbocycles. The number of ether oxygens (including phenoxy) is 1. The van der Waals surface area contributed by atoms with Crippen molar-refractivity contribution in [3.8, 4) is 5.75 Å². The maximum Gasteiger partial charge on any atom is 0.321 e. The topological polar surface area (TPSA) is 70.7 Å². The Kier molecular flexibility index (Phi) is 7.38. The minimum Gasteiger partial charge on any atom is -0.489 e. The molecule has 1 saturated heterocycles. The van der Waals surface area contributed by atoms with Gasteiger partial charge in [0.2, 0.25) is 5.91 Å². The monoisotopic (exact) mass is 441 g/mol. The van der Waals surface area contributed by atoms with Gasteiger partial charge in [0.05, 0.1) is 11.4 Å². The summed E-state index contributed by atoms with van der Waals surface area (Å²) >= 11 is 0. The molecule has 33 heavy (non-hydrogen) atoms. The van der Waals surface area contributed by atoms with Crippen molar-refractivity contribution in [2.24, 2.45) is 0 Å². The van der Waals surface area contributed by atoms with Crippen LogP contribution in [0.2, 0.25) is 0 Å². The van der Waals surface area contributed by atoms with Crippen molar-refractivity contribution in [3.63, 3.8) is 0 Å². The smallest absolute Gasteiger partial charge is 0.321 e. The number of carbonyl (C=O) groups excluding carboxylic acids is 2. The summed E-state index contributed by atoms with van der Waals surface area (Å²) < 4.78 is 5.85. The Bertz CT molecular complexity index is 1120. The van der Waals surface area contributed by atoms with Gasteiger partial charge in [0, 0.05) is 19.2 Å². The van der Waals surface area contributed by atoms with Crippen LogP contribution in [0, 0.1) is 0 Å². The van der Waals surface area contributed by atoms with E-state index < -0.39 is 0 Å². The molecular formula is C27H27N3O3. The molecular weight excluding hydrogens is 414 g/mol. The van der Waals surface area contributed by atoms with Crippen LogP contribution in [0.25, 0.3) is 6.08 Å². The zero-order valence-electron chi connectivity index (χ0n) is 18.4. The second-order valence-electron chi connectivity index (χ2n) is 7.84. The zero-order chi connectivity index (χ0) is 22.9. The molecule has 1 aliphatic heterocycles. The number of rotatable bonds is 7. The second-order valence-corrected chi connectivity index (χ2v) is 7.84. The van der Waals surface area contributed by atoms with Gasteiger partial charge in [-0.2, -0.15) is 0 Å². The number of urea groups is 1. The first kappa shape index (κ1) is 22.1. The Labute approximate surface area is 193 Å². The number of nitrogens with zero attached hydrogens (tertiary/aromatic N) is 1. The first-order chi connectivity index (χ1) is 16.2. The van der Waals surface area contributed by atoms with Gasteiger partial charge in [0.25, 0.3) is 0 Å². The van der Waals surface area contributed by atoms with E-state index in [9.17, 15) is 9.59 Å². The van der Waals surface area contributed by atoms with E-state index in [0.717, 1.165) is 42.8 Å². The van der Waals surface area contributed by atoms with Gasteiger partial charge in [-0.25, -0.2) is 4.79 Å². The summed E-state index contributed by atoms with van der Waals surface area (Å²) in [5, 5.41) is 5.75. The Morgan fingerprint density at radius 1 is 0.848 bits per heavy atom. The molecule has 3 aromatic carbocycles. The highest BCUT2D eigenvalue weighted by Crippen LogP contribution is 2.22. The highest BCUT2D eigenvalue weighted by atomic mass is 16.5. The van der Waals surface area contributed by atoms with Gasteiger partial charge < -0.3 is 20.3 Å². The van der Waals surface area contributed by atoms with Crippen molar-refractivity contribution >= 4 is 29.4 Å². The predicted molar refractivity (Wildman–Crippen MR) is 131 cm³/mol. The van der Waals surface area contributed by atoms with Crippen LogP contribution in [0.1, 0.15) is 24.0 Å². The van der Waals surface area contributed by atoms with Crippen molar-refractivity contribution in [2.75, 3.05) is 23.7 Å². The van der Waals surface area contributed by atoms with E-state index in [1.165, 1.54) is 6.08 Å². The van der Waals surface area contributed by atoms with Gasteiger partial charge in [0.15, 0.2) is 0 Å². The van der Waals surface area contributed by atoms with Crippen LogP contribution in [0.4, 0.5) is 16.2 Å². The summed E-state index contributed by atoms with van der Waals surface area (Å²) in [6, 6.07) is 24.6. The van der Waals surface area contributed by atoms with Crippen molar-refractivity contribution < 1.29 is 14.3 Å². The van der Waals surface area contributed by atoms with Crippen LogP contribution >= 0.6 is 0 Å². The number of para-hydroxylation sites is 2. The summed E-state index contributed by atoms with van der Waals surface area (Å²) in [6.07, 6.45) is 5.25. The van der Waals surface area contributed by atoms with E-state index in [2.05, 4.69) is 10.6 Å². The van der Waals surface area contributed by atoms with E-state index in [1.54, 1.807) is 23.1 Å². The highest BCUT2D eigenvalue weighted by Gasteiger charge is 2.18. The molecule has 168 valence electrons. The molecule has 1 heterocycles. The molecule has 2 N–H and O–H groups in total. The van der Waals surface area contributed by atoms with Crippen LogP contribution in [0.3, 0.4) is 0 Å². The minimum absolute atomic E-state index is 0.142. The third-order valence-corrected chi connectivity index (χ3v) is 5.35. The molecule has 6 heteroatoms. The molecule has 3 aromatic rings. The maximum absolute atomic E-state index is 12.5. The lowest BCUT2D eigenvalue weighted by molar-refractivity contribution is -0.111. The molecule has 1 fully saturated rings. The van der Waals surface area contributed by atoms with Gasteiger partial charge in [0.1, 0.15) is 12.4 Å². The largest absolute Gasteiger partial charge is 0.489 e. The van der Waals surface area contributed by atoms with Gasteiger partial charge in [-0.3, -0.25) is 4.79 Å². The number of hydrogen-bond acceptors (Lipinski definition) is 3. The molecule has 0 aromatic heterocycles. The fourth-order valence-electron chi connectivity index (χ4n) is 3.61. The van der Waals surface area contributed by atoms with Crippen LogP contribution in [-0.4, -0.2) is 29.9 Å². The number of carbonyl (C=O) groups is 2. The average molecular weight is 442 g/mol. The molecule has 0 radical (unpaired) electrons. The van der Waals surface area contributed by atoms with Crippen molar-refractivity contribution in [1.29, 1.82) is 0 Å². The molecule has 4 rings (SSSR count). The molecule has 6 nitrogen and oxygen atoms in total. The van der Waals surface area contributed by atoms with Crippen LogP contribution in [0.5, 0.6) is 5.75 Å². The Morgan fingerprint density at radius 3 is 2.30 bits per heavy atom. The third kappa shape index (κ3) is 6.46. The molecule has 0 bridgehead atoms. The Morgan fingerprint density at radius 2 is 1.55 bits per heavy atom. The normalized spacial score (nSPS) is 13.2. The van der Waals surface area contributed by atoms with E-state index >= 15 is 0 Å². The predicted octanol–water partition coefficient (Wildman–Crippen LogP) is 5.55. The fourth-order valence-corrected chi connectivity index (χ4v) is 3.61. The molecule has 0 spiro atoms. The Hall–Kier alpha value is -4.06. The Balaban J connectivity index is 1.35. The van der Waals surface area contributed by atoms with E-state index in [-0.39, 0.29) is 11.9 Å². The number of likely N-dealkylation sites (tertiary alicyclic amines) is 1. The van der Waals surface area contributed by atoms with Crippen molar-refractivity contribution in [1.82, 2.24) is 4.90 Å². The molecule has 3 amide bonds. The van der Waals surface area contributed by atoms with Crippen LogP contribution < -0.4 is 15.4 Å². The van der Waals surface area contributed by atoms with E-state index in [1.807, 2.05) is 66.7 Å². The summed E-state index contributed by atoms with van der Waals surface area (Å²) in [5.41, 5.74) is 3.08. The zero-order valence-corrected chi connectivity index (χ0v) is 18.4. The molecule has 1 aliphatic rings. The van der Waals surface area contributed by atoms with E-state index in [0.29, 0.717) is 18.0 Å². The van der Waals surface area contributed by atoms with Gasteiger partial charge in [-0.05, 0) is 54.3 Å².